The maximum absolute atomic E-state index is 13.3. The first-order valence-electron chi connectivity index (χ1n) is 4.79. The van der Waals surface area contributed by atoms with Gasteiger partial charge in [-0.15, -0.1) is 0 Å². The summed E-state index contributed by atoms with van der Waals surface area (Å²) in [5.74, 6) is -1.23. The van der Waals surface area contributed by atoms with Crippen LogP contribution in [-0.2, 0) is 12.7 Å². The summed E-state index contributed by atoms with van der Waals surface area (Å²) in [4.78, 5) is 0. The molecule has 1 aromatic carbocycles. The molecule has 0 saturated carbocycles. The van der Waals surface area contributed by atoms with Crippen molar-refractivity contribution in [1.29, 1.82) is 0 Å². The van der Waals surface area contributed by atoms with Gasteiger partial charge in [-0.25, -0.2) is 4.39 Å². The molecule has 0 fully saturated rings. The second-order valence-electron chi connectivity index (χ2n) is 3.49. The Bertz CT molecular complexity index is 524. The Hall–Kier alpha value is -1.52. The second-order valence-corrected chi connectivity index (χ2v) is 3.49. The minimum Gasteiger partial charge on any atom is -0.348 e. The zero-order valence-electron chi connectivity index (χ0n) is 8.48. The highest BCUT2D eigenvalue weighted by Crippen LogP contribution is 2.34. The largest absolute Gasteiger partial charge is 0.419 e. The molecule has 0 N–H and O–H groups in total. The molecule has 0 aliphatic heterocycles. The van der Waals surface area contributed by atoms with Crippen molar-refractivity contribution in [3.8, 4) is 0 Å². The monoisotopic (exact) mass is 231 g/mol. The third kappa shape index (κ3) is 1.66. The van der Waals surface area contributed by atoms with Crippen molar-refractivity contribution in [2.24, 2.45) is 0 Å². The Morgan fingerprint density at radius 2 is 1.94 bits per heavy atom. The molecule has 0 radical (unpaired) electrons. The van der Waals surface area contributed by atoms with E-state index in [1.54, 1.807) is 16.8 Å². The molecule has 2 rings (SSSR count). The van der Waals surface area contributed by atoms with E-state index in [-0.39, 0.29) is 0 Å². The molecular weight excluding hydrogens is 222 g/mol. The number of nitrogens with zero attached hydrogens (tertiary/aromatic N) is 1. The Morgan fingerprint density at radius 1 is 1.25 bits per heavy atom. The van der Waals surface area contributed by atoms with Crippen LogP contribution in [0, 0.1) is 5.82 Å². The van der Waals surface area contributed by atoms with Gasteiger partial charge in [-0.2, -0.15) is 13.2 Å². The molecule has 86 valence electrons. The van der Waals surface area contributed by atoms with E-state index in [9.17, 15) is 17.6 Å². The summed E-state index contributed by atoms with van der Waals surface area (Å²) in [5, 5.41) is 0.399. The summed E-state index contributed by atoms with van der Waals surface area (Å²) >= 11 is 0. The standard InChI is InChI=1S/C11H9F4N/c1-2-16-4-3-7-5-8(11(13,14)15)9(12)6-10(7)16/h3-6H,2H2,1H3. The van der Waals surface area contributed by atoms with Gasteiger partial charge in [0, 0.05) is 18.1 Å². The number of aromatic nitrogens is 1. The zero-order chi connectivity index (χ0) is 11.9. The minimum atomic E-state index is -4.65. The Labute approximate surface area is 89.3 Å². The molecule has 0 unspecified atom stereocenters. The summed E-state index contributed by atoms with van der Waals surface area (Å²) < 4.78 is 52.2. The normalized spacial score (nSPS) is 12.3. The number of halogens is 4. The van der Waals surface area contributed by atoms with Gasteiger partial charge in [-0.05, 0) is 25.1 Å². The van der Waals surface area contributed by atoms with Crippen LogP contribution in [-0.4, -0.2) is 4.57 Å². The molecule has 0 spiro atoms. The summed E-state index contributed by atoms with van der Waals surface area (Å²) in [6.45, 7) is 2.43. The molecule has 0 amide bonds. The smallest absolute Gasteiger partial charge is 0.348 e. The molecule has 1 nitrogen and oxygen atoms in total. The van der Waals surface area contributed by atoms with Crippen molar-refractivity contribution in [3.63, 3.8) is 0 Å². The van der Waals surface area contributed by atoms with Crippen LogP contribution in [0.4, 0.5) is 17.6 Å². The predicted molar refractivity (Wildman–Crippen MR) is 52.6 cm³/mol. The van der Waals surface area contributed by atoms with E-state index >= 15 is 0 Å². The Balaban J connectivity index is 2.69. The van der Waals surface area contributed by atoms with Crippen LogP contribution < -0.4 is 0 Å². The predicted octanol–water partition coefficient (Wildman–Crippen LogP) is 3.82. The second kappa shape index (κ2) is 3.50. The van der Waals surface area contributed by atoms with E-state index in [1.807, 2.05) is 6.92 Å². The topological polar surface area (TPSA) is 4.93 Å². The van der Waals surface area contributed by atoms with Crippen LogP contribution >= 0.6 is 0 Å². The summed E-state index contributed by atoms with van der Waals surface area (Å²) in [6, 6.07) is 3.33. The third-order valence-corrected chi connectivity index (χ3v) is 2.51. The van der Waals surface area contributed by atoms with Crippen LogP contribution in [0.15, 0.2) is 24.4 Å². The van der Waals surface area contributed by atoms with Gasteiger partial charge < -0.3 is 4.57 Å². The van der Waals surface area contributed by atoms with E-state index in [1.165, 1.54) is 0 Å². The highest BCUT2D eigenvalue weighted by atomic mass is 19.4. The van der Waals surface area contributed by atoms with Crippen molar-refractivity contribution in [3.05, 3.63) is 35.8 Å². The first kappa shape index (κ1) is 11.0. The van der Waals surface area contributed by atoms with Gasteiger partial charge in [0.1, 0.15) is 5.82 Å². The van der Waals surface area contributed by atoms with Gasteiger partial charge in [0.05, 0.1) is 11.1 Å². The van der Waals surface area contributed by atoms with E-state index in [4.69, 9.17) is 0 Å². The Morgan fingerprint density at radius 3 is 2.50 bits per heavy atom. The maximum Gasteiger partial charge on any atom is 0.419 e. The minimum absolute atomic E-state index is 0.399. The molecule has 0 aliphatic carbocycles. The quantitative estimate of drug-likeness (QED) is 0.657. The lowest BCUT2D eigenvalue weighted by Crippen LogP contribution is -2.08. The number of rotatable bonds is 1. The van der Waals surface area contributed by atoms with Crippen molar-refractivity contribution in [2.45, 2.75) is 19.6 Å². The number of fused-ring (bicyclic) bond motifs is 1. The molecule has 0 aliphatic rings. The molecule has 0 atom stereocenters. The number of hydrogen-bond acceptors (Lipinski definition) is 0. The molecular formula is C11H9F4N. The van der Waals surface area contributed by atoms with Crippen LogP contribution in [0.3, 0.4) is 0 Å². The molecule has 2 aromatic rings. The summed E-state index contributed by atoms with van der Waals surface area (Å²) in [6.07, 6.45) is -3.00. The highest BCUT2D eigenvalue weighted by Gasteiger charge is 2.34. The van der Waals surface area contributed by atoms with Gasteiger partial charge in [0.15, 0.2) is 0 Å². The van der Waals surface area contributed by atoms with Gasteiger partial charge in [-0.1, -0.05) is 0 Å². The van der Waals surface area contributed by atoms with E-state index in [0.717, 1.165) is 12.1 Å². The molecule has 5 heteroatoms. The Kier molecular flexibility index (Phi) is 2.40. The first-order valence-corrected chi connectivity index (χ1v) is 4.79. The van der Waals surface area contributed by atoms with E-state index < -0.39 is 17.6 Å². The fraction of sp³-hybridized carbons (Fsp3) is 0.273. The van der Waals surface area contributed by atoms with Gasteiger partial charge in [-0.3, -0.25) is 0 Å². The SMILES string of the molecule is CCn1ccc2cc(C(F)(F)F)c(F)cc21. The summed E-state index contributed by atoms with van der Waals surface area (Å²) in [5.41, 5.74) is -0.734. The average molecular weight is 231 g/mol. The average Bonchev–Trinajstić information content (AvgIpc) is 2.57. The third-order valence-electron chi connectivity index (χ3n) is 2.51. The van der Waals surface area contributed by atoms with Crippen molar-refractivity contribution < 1.29 is 17.6 Å². The lowest BCUT2D eigenvalue weighted by Gasteiger charge is -2.08. The van der Waals surface area contributed by atoms with Crippen molar-refractivity contribution >= 4 is 10.9 Å². The van der Waals surface area contributed by atoms with Crippen LogP contribution in [0.25, 0.3) is 10.9 Å². The van der Waals surface area contributed by atoms with Crippen molar-refractivity contribution in [1.82, 2.24) is 4.57 Å². The zero-order valence-corrected chi connectivity index (χ0v) is 8.48. The lowest BCUT2D eigenvalue weighted by molar-refractivity contribution is -0.139. The molecule has 16 heavy (non-hydrogen) atoms. The number of alkyl halides is 3. The molecule has 1 heterocycles. The highest BCUT2D eigenvalue weighted by molar-refractivity contribution is 5.81. The fourth-order valence-electron chi connectivity index (χ4n) is 1.71. The maximum atomic E-state index is 13.3. The lowest BCUT2D eigenvalue weighted by atomic mass is 10.1. The number of benzene rings is 1. The van der Waals surface area contributed by atoms with Gasteiger partial charge >= 0.3 is 6.18 Å². The first-order chi connectivity index (χ1) is 7.43. The molecule has 0 saturated heterocycles. The fourth-order valence-corrected chi connectivity index (χ4v) is 1.71. The number of aryl methyl sites for hydroxylation is 1. The van der Waals surface area contributed by atoms with E-state index in [2.05, 4.69) is 0 Å². The number of hydrogen-bond donors (Lipinski definition) is 0. The van der Waals surface area contributed by atoms with Crippen LogP contribution in [0.1, 0.15) is 12.5 Å². The van der Waals surface area contributed by atoms with Crippen molar-refractivity contribution in [2.75, 3.05) is 0 Å². The van der Waals surface area contributed by atoms with Gasteiger partial charge in [0.2, 0.25) is 0 Å². The molecule has 0 bridgehead atoms. The van der Waals surface area contributed by atoms with Crippen LogP contribution in [0.2, 0.25) is 0 Å². The van der Waals surface area contributed by atoms with Gasteiger partial charge in [0.25, 0.3) is 0 Å². The van der Waals surface area contributed by atoms with Crippen LogP contribution in [0.5, 0.6) is 0 Å². The summed E-state index contributed by atoms with van der Waals surface area (Å²) in [7, 11) is 0. The molecule has 1 aromatic heterocycles. The van der Waals surface area contributed by atoms with E-state index in [0.29, 0.717) is 17.4 Å².